The predicted molar refractivity (Wildman–Crippen MR) is 62.9 cm³/mol. The quantitative estimate of drug-likeness (QED) is 0.789. The summed E-state index contributed by atoms with van der Waals surface area (Å²) in [6.07, 6.45) is 3.91. The smallest absolute Gasteiger partial charge is 0.0110 e. The van der Waals surface area contributed by atoms with Crippen LogP contribution in [-0.4, -0.2) is 12.6 Å². The molecule has 0 amide bonds. The van der Waals surface area contributed by atoms with Crippen molar-refractivity contribution in [2.45, 2.75) is 39.2 Å². The molecule has 14 heavy (non-hydrogen) atoms. The summed E-state index contributed by atoms with van der Waals surface area (Å²) in [5, 5.41) is 5.91. The van der Waals surface area contributed by atoms with E-state index in [1.54, 1.807) is 0 Å². The van der Waals surface area contributed by atoms with Gasteiger partial charge in [-0.15, -0.1) is 11.3 Å². The molecule has 1 aromatic rings. The summed E-state index contributed by atoms with van der Waals surface area (Å²) in [6.45, 7) is 5.76. The standard InChI is InChI=1S/C12H19NS/c1-9-3-4-13-12(5-9)7-11-6-10(2)14-8-11/h6,8-9,12-13H,3-5,7H2,1-2H3. The van der Waals surface area contributed by atoms with Gasteiger partial charge in [0.25, 0.3) is 0 Å². The average molecular weight is 209 g/mol. The maximum absolute atomic E-state index is 3.61. The Morgan fingerprint density at radius 3 is 3.07 bits per heavy atom. The van der Waals surface area contributed by atoms with Gasteiger partial charge in [-0.2, -0.15) is 0 Å². The lowest BCUT2D eigenvalue weighted by Crippen LogP contribution is -2.38. The van der Waals surface area contributed by atoms with E-state index in [-0.39, 0.29) is 0 Å². The number of nitrogens with one attached hydrogen (secondary N) is 1. The lowest BCUT2D eigenvalue weighted by atomic mass is 9.91. The minimum Gasteiger partial charge on any atom is -0.314 e. The number of thiophene rings is 1. The molecule has 0 aliphatic carbocycles. The van der Waals surface area contributed by atoms with Crippen LogP contribution in [0, 0.1) is 12.8 Å². The van der Waals surface area contributed by atoms with Crippen molar-refractivity contribution in [2.75, 3.05) is 6.54 Å². The molecule has 1 N–H and O–H groups in total. The van der Waals surface area contributed by atoms with Gasteiger partial charge in [-0.25, -0.2) is 0 Å². The van der Waals surface area contributed by atoms with Crippen molar-refractivity contribution in [1.82, 2.24) is 5.32 Å². The van der Waals surface area contributed by atoms with Gasteiger partial charge in [0.15, 0.2) is 0 Å². The lowest BCUT2D eigenvalue weighted by Gasteiger charge is -2.27. The minimum atomic E-state index is 0.716. The third-order valence-electron chi connectivity index (χ3n) is 3.02. The molecule has 2 unspecified atom stereocenters. The molecule has 0 spiro atoms. The fraction of sp³-hybridized carbons (Fsp3) is 0.667. The molecule has 2 atom stereocenters. The van der Waals surface area contributed by atoms with Crippen LogP contribution in [0.1, 0.15) is 30.2 Å². The van der Waals surface area contributed by atoms with Crippen molar-refractivity contribution in [1.29, 1.82) is 0 Å². The second-order valence-electron chi connectivity index (χ2n) is 4.55. The highest BCUT2D eigenvalue weighted by Gasteiger charge is 2.18. The second-order valence-corrected chi connectivity index (χ2v) is 5.67. The van der Waals surface area contributed by atoms with E-state index in [2.05, 4.69) is 30.6 Å². The van der Waals surface area contributed by atoms with Crippen LogP contribution in [0.4, 0.5) is 0 Å². The normalized spacial score (nSPS) is 27.9. The molecule has 1 aliphatic rings. The monoisotopic (exact) mass is 209 g/mol. The first-order valence-corrected chi connectivity index (χ1v) is 6.39. The van der Waals surface area contributed by atoms with Crippen LogP contribution < -0.4 is 5.32 Å². The molecular weight excluding hydrogens is 190 g/mol. The van der Waals surface area contributed by atoms with Gasteiger partial charge in [-0.1, -0.05) is 6.92 Å². The van der Waals surface area contributed by atoms with Gasteiger partial charge in [0.05, 0.1) is 0 Å². The van der Waals surface area contributed by atoms with Crippen LogP contribution in [0.2, 0.25) is 0 Å². The van der Waals surface area contributed by atoms with Gasteiger partial charge in [0.2, 0.25) is 0 Å². The SMILES string of the molecule is Cc1cc(CC2CC(C)CCN2)cs1. The van der Waals surface area contributed by atoms with Gasteiger partial charge < -0.3 is 5.32 Å². The summed E-state index contributed by atoms with van der Waals surface area (Å²) in [5.41, 5.74) is 1.51. The van der Waals surface area contributed by atoms with E-state index in [9.17, 15) is 0 Å². The first kappa shape index (κ1) is 10.2. The van der Waals surface area contributed by atoms with Crippen molar-refractivity contribution in [3.8, 4) is 0 Å². The fourth-order valence-corrected chi connectivity index (χ4v) is 2.99. The van der Waals surface area contributed by atoms with Crippen molar-refractivity contribution in [3.63, 3.8) is 0 Å². The third-order valence-corrected chi connectivity index (χ3v) is 3.93. The maximum Gasteiger partial charge on any atom is 0.0110 e. The highest BCUT2D eigenvalue weighted by atomic mass is 32.1. The topological polar surface area (TPSA) is 12.0 Å². The first-order chi connectivity index (χ1) is 6.74. The van der Waals surface area contributed by atoms with E-state index >= 15 is 0 Å². The van der Waals surface area contributed by atoms with Gasteiger partial charge in [-0.3, -0.25) is 0 Å². The highest BCUT2D eigenvalue weighted by molar-refractivity contribution is 7.10. The molecule has 2 heteroatoms. The van der Waals surface area contributed by atoms with Gasteiger partial charge >= 0.3 is 0 Å². The molecule has 0 saturated carbocycles. The fourth-order valence-electron chi connectivity index (χ4n) is 2.27. The Morgan fingerprint density at radius 2 is 2.43 bits per heavy atom. The molecule has 2 rings (SSSR count). The lowest BCUT2D eigenvalue weighted by molar-refractivity contribution is 0.319. The van der Waals surface area contributed by atoms with Gasteiger partial charge in [0.1, 0.15) is 0 Å². The zero-order valence-electron chi connectivity index (χ0n) is 9.05. The number of hydrogen-bond donors (Lipinski definition) is 1. The summed E-state index contributed by atoms with van der Waals surface area (Å²) in [5.74, 6) is 0.904. The molecule has 1 saturated heterocycles. The molecule has 1 aliphatic heterocycles. The Kier molecular flexibility index (Phi) is 3.24. The molecule has 1 aromatic heterocycles. The molecule has 1 fully saturated rings. The highest BCUT2D eigenvalue weighted by Crippen LogP contribution is 2.20. The molecule has 78 valence electrons. The second kappa shape index (κ2) is 4.45. The Labute approximate surface area is 90.5 Å². The molecular formula is C12H19NS. The van der Waals surface area contributed by atoms with Crippen LogP contribution in [0.5, 0.6) is 0 Å². The maximum atomic E-state index is 3.61. The summed E-state index contributed by atoms with van der Waals surface area (Å²) in [4.78, 5) is 1.43. The molecule has 0 radical (unpaired) electrons. The number of aryl methyl sites for hydroxylation is 1. The van der Waals surface area contributed by atoms with Crippen LogP contribution in [0.3, 0.4) is 0 Å². The molecule has 0 bridgehead atoms. The average Bonchev–Trinajstić information content (AvgIpc) is 2.51. The summed E-state index contributed by atoms with van der Waals surface area (Å²) in [6, 6.07) is 3.04. The van der Waals surface area contributed by atoms with E-state index in [1.165, 1.54) is 36.2 Å². The Morgan fingerprint density at radius 1 is 1.57 bits per heavy atom. The third kappa shape index (κ3) is 2.58. The van der Waals surface area contributed by atoms with Crippen molar-refractivity contribution >= 4 is 11.3 Å². The number of piperidine rings is 1. The zero-order valence-corrected chi connectivity index (χ0v) is 9.86. The minimum absolute atomic E-state index is 0.716. The summed E-state index contributed by atoms with van der Waals surface area (Å²) >= 11 is 1.87. The van der Waals surface area contributed by atoms with E-state index in [0.29, 0.717) is 6.04 Å². The Balaban J connectivity index is 1.90. The van der Waals surface area contributed by atoms with Crippen molar-refractivity contribution < 1.29 is 0 Å². The summed E-state index contributed by atoms with van der Waals surface area (Å²) in [7, 11) is 0. The Bertz CT molecular complexity index is 292. The zero-order chi connectivity index (χ0) is 9.97. The van der Waals surface area contributed by atoms with Crippen LogP contribution >= 0.6 is 11.3 Å². The van der Waals surface area contributed by atoms with Gasteiger partial charge in [-0.05, 0) is 55.7 Å². The van der Waals surface area contributed by atoms with Gasteiger partial charge in [0, 0.05) is 10.9 Å². The first-order valence-electron chi connectivity index (χ1n) is 5.51. The van der Waals surface area contributed by atoms with E-state index in [0.717, 1.165) is 5.92 Å². The molecule has 1 nitrogen and oxygen atoms in total. The summed E-state index contributed by atoms with van der Waals surface area (Å²) < 4.78 is 0. The van der Waals surface area contributed by atoms with Crippen molar-refractivity contribution in [3.05, 3.63) is 21.9 Å². The van der Waals surface area contributed by atoms with Crippen molar-refractivity contribution in [2.24, 2.45) is 5.92 Å². The molecule has 2 heterocycles. The van der Waals surface area contributed by atoms with Crippen LogP contribution in [0.15, 0.2) is 11.4 Å². The van der Waals surface area contributed by atoms with Crippen LogP contribution in [0.25, 0.3) is 0 Å². The number of rotatable bonds is 2. The van der Waals surface area contributed by atoms with E-state index in [1.807, 2.05) is 11.3 Å². The van der Waals surface area contributed by atoms with E-state index in [4.69, 9.17) is 0 Å². The predicted octanol–water partition coefficient (Wildman–Crippen LogP) is 2.99. The van der Waals surface area contributed by atoms with E-state index < -0.39 is 0 Å². The Hall–Kier alpha value is -0.340. The molecule has 0 aromatic carbocycles. The number of hydrogen-bond acceptors (Lipinski definition) is 2. The van der Waals surface area contributed by atoms with Crippen LogP contribution in [-0.2, 0) is 6.42 Å². The largest absolute Gasteiger partial charge is 0.314 e.